The number of para-hydroxylation sites is 2. The van der Waals surface area contributed by atoms with E-state index in [1.807, 2.05) is 48.7 Å². The van der Waals surface area contributed by atoms with Crippen molar-refractivity contribution in [1.29, 1.82) is 0 Å². The highest BCUT2D eigenvalue weighted by molar-refractivity contribution is 5.96. The van der Waals surface area contributed by atoms with Gasteiger partial charge >= 0.3 is 0 Å². The lowest BCUT2D eigenvalue weighted by atomic mass is 10.1. The van der Waals surface area contributed by atoms with Gasteiger partial charge in [0.1, 0.15) is 18.1 Å². The van der Waals surface area contributed by atoms with Gasteiger partial charge in [0.25, 0.3) is 5.91 Å². The Kier molecular flexibility index (Phi) is 9.69. The molecule has 0 saturated carbocycles. The van der Waals surface area contributed by atoms with Crippen LogP contribution in [0.5, 0.6) is 5.75 Å². The number of carbonyl (C=O) groups is 2. The maximum Gasteiger partial charge on any atom is 0.257 e. The van der Waals surface area contributed by atoms with E-state index in [4.69, 9.17) is 9.47 Å². The summed E-state index contributed by atoms with van der Waals surface area (Å²) in [5.74, 6) is -0.687. The topological polar surface area (TPSA) is 74.9 Å². The molecule has 0 bridgehead atoms. The van der Waals surface area contributed by atoms with Crippen LogP contribution in [-0.2, 0) is 22.5 Å². The van der Waals surface area contributed by atoms with Gasteiger partial charge in [0, 0.05) is 56.0 Å². The Bertz CT molecular complexity index is 1400. The number of ether oxygens (including phenoxy) is 2. The average Bonchev–Trinajstić information content (AvgIpc) is 3.38. The first-order valence-corrected chi connectivity index (χ1v) is 13.0. The lowest BCUT2D eigenvalue weighted by Crippen LogP contribution is -2.44. The second-order valence-electron chi connectivity index (χ2n) is 9.29. The van der Waals surface area contributed by atoms with E-state index in [9.17, 15) is 14.0 Å². The van der Waals surface area contributed by atoms with Gasteiger partial charge in [0.15, 0.2) is 0 Å². The van der Waals surface area contributed by atoms with Gasteiger partial charge in [-0.3, -0.25) is 9.59 Å². The molecule has 0 aliphatic rings. The van der Waals surface area contributed by atoms with E-state index >= 15 is 0 Å². The minimum absolute atomic E-state index is 0.0576. The molecule has 0 atom stereocenters. The highest BCUT2D eigenvalue weighted by Crippen LogP contribution is 2.22. The number of carbonyl (C=O) groups excluding carboxylic acids is 2. The number of nitrogens with zero attached hydrogens (tertiary/aromatic N) is 2. The summed E-state index contributed by atoms with van der Waals surface area (Å²) in [7, 11) is 3.18. The Balaban J connectivity index is 1.58. The van der Waals surface area contributed by atoms with E-state index in [1.54, 1.807) is 25.2 Å². The van der Waals surface area contributed by atoms with Crippen molar-refractivity contribution in [2.45, 2.75) is 19.4 Å². The van der Waals surface area contributed by atoms with E-state index < -0.39 is 11.7 Å². The second kappa shape index (κ2) is 13.6. The van der Waals surface area contributed by atoms with E-state index in [-0.39, 0.29) is 24.6 Å². The summed E-state index contributed by atoms with van der Waals surface area (Å²) in [6.45, 7) is 1.24. The van der Waals surface area contributed by atoms with Crippen LogP contribution in [0.1, 0.15) is 27.9 Å². The summed E-state index contributed by atoms with van der Waals surface area (Å²) >= 11 is 0. The molecule has 0 spiro atoms. The quantitative estimate of drug-likeness (QED) is 0.245. The number of aromatic amines is 1. The zero-order valence-electron chi connectivity index (χ0n) is 22.4. The molecule has 1 aromatic heterocycles. The molecule has 39 heavy (non-hydrogen) atoms. The Morgan fingerprint density at radius 3 is 2.41 bits per heavy atom. The Morgan fingerprint density at radius 1 is 0.872 bits per heavy atom. The van der Waals surface area contributed by atoms with Gasteiger partial charge < -0.3 is 24.3 Å². The van der Waals surface area contributed by atoms with Crippen molar-refractivity contribution in [2.24, 2.45) is 0 Å². The van der Waals surface area contributed by atoms with Crippen molar-refractivity contribution in [3.63, 3.8) is 0 Å². The minimum Gasteiger partial charge on any atom is -0.496 e. The van der Waals surface area contributed by atoms with Gasteiger partial charge in [-0.15, -0.1) is 0 Å². The van der Waals surface area contributed by atoms with Gasteiger partial charge in [0.2, 0.25) is 5.91 Å². The summed E-state index contributed by atoms with van der Waals surface area (Å²) in [6.07, 6.45) is 3.11. The lowest BCUT2D eigenvalue weighted by Gasteiger charge is -2.28. The van der Waals surface area contributed by atoms with E-state index in [0.29, 0.717) is 38.3 Å². The predicted molar refractivity (Wildman–Crippen MR) is 149 cm³/mol. The van der Waals surface area contributed by atoms with Crippen molar-refractivity contribution < 1.29 is 23.5 Å². The van der Waals surface area contributed by atoms with Gasteiger partial charge in [-0.05, 0) is 42.7 Å². The van der Waals surface area contributed by atoms with Crippen molar-refractivity contribution in [2.75, 3.05) is 40.5 Å². The van der Waals surface area contributed by atoms with Crippen LogP contribution in [0.2, 0.25) is 0 Å². The number of hydrogen-bond donors (Lipinski definition) is 1. The Hall–Kier alpha value is -4.17. The van der Waals surface area contributed by atoms with Gasteiger partial charge in [-0.1, -0.05) is 48.5 Å². The number of nitrogens with one attached hydrogen (secondary N) is 1. The molecule has 8 heteroatoms. The molecule has 1 heterocycles. The van der Waals surface area contributed by atoms with E-state index in [2.05, 4.69) is 11.1 Å². The molecule has 1 N–H and O–H groups in total. The number of benzene rings is 3. The fourth-order valence-electron chi connectivity index (χ4n) is 4.65. The molecular weight excluding hydrogens is 497 g/mol. The van der Waals surface area contributed by atoms with Crippen LogP contribution < -0.4 is 4.74 Å². The summed E-state index contributed by atoms with van der Waals surface area (Å²) < 4.78 is 25.2. The van der Waals surface area contributed by atoms with E-state index in [1.165, 1.54) is 23.1 Å². The van der Waals surface area contributed by atoms with Crippen LogP contribution in [0.25, 0.3) is 10.9 Å². The smallest absolute Gasteiger partial charge is 0.257 e. The minimum atomic E-state index is -0.614. The number of aromatic nitrogens is 1. The SMILES string of the molecule is COCCCN(CC(=O)N(CCc1c[nH]c2ccccc12)Cc1ccccc1OC)C(=O)c1ccccc1F. The number of halogens is 1. The predicted octanol–water partition coefficient (Wildman–Crippen LogP) is 5.07. The Morgan fingerprint density at radius 2 is 1.62 bits per heavy atom. The molecule has 0 saturated heterocycles. The molecule has 3 aromatic carbocycles. The molecule has 204 valence electrons. The van der Waals surface area contributed by atoms with Crippen molar-refractivity contribution in [3.8, 4) is 5.75 Å². The van der Waals surface area contributed by atoms with Crippen molar-refractivity contribution in [3.05, 3.63) is 102 Å². The van der Waals surface area contributed by atoms with Crippen LogP contribution >= 0.6 is 0 Å². The third kappa shape index (κ3) is 7.03. The number of methoxy groups -OCH3 is 2. The molecule has 0 aliphatic carbocycles. The monoisotopic (exact) mass is 531 g/mol. The fourth-order valence-corrected chi connectivity index (χ4v) is 4.65. The number of amides is 2. The average molecular weight is 532 g/mol. The standard InChI is InChI=1S/C31H34FN3O4/c1-38-19-9-17-35(31(37)26-12-4-6-13-27(26)32)22-30(36)34(21-24-10-3-8-15-29(24)39-2)18-16-23-20-33-28-14-7-5-11-25(23)28/h3-8,10-15,20,33H,9,16-19,21-22H2,1-2H3. The maximum atomic E-state index is 14.5. The lowest BCUT2D eigenvalue weighted by molar-refractivity contribution is -0.132. The highest BCUT2D eigenvalue weighted by atomic mass is 19.1. The highest BCUT2D eigenvalue weighted by Gasteiger charge is 2.25. The molecule has 0 aliphatic heterocycles. The summed E-state index contributed by atoms with van der Waals surface area (Å²) in [5, 5.41) is 1.11. The Labute approximate surface area is 228 Å². The molecule has 4 aromatic rings. The number of rotatable bonds is 13. The third-order valence-corrected chi connectivity index (χ3v) is 6.73. The maximum absolute atomic E-state index is 14.5. The first-order chi connectivity index (χ1) is 19.0. The number of fused-ring (bicyclic) bond motifs is 1. The zero-order chi connectivity index (χ0) is 27.6. The molecule has 0 radical (unpaired) electrons. The third-order valence-electron chi connectivity index (χ3n) is 6.73. The fraction of sp³-hybridized carbons (Fsp3) is 0.290. The molecule has 4 rings (SSSR count). The molecule has 0 unspecified atom stereocenters. The largest absolute Gasteiger partial charge is 0.496 e. The second-order valence-corrected chi connectivity index (χ2v) is 9.29. The molecular formula is C31H34FN3O4. The van der Waals surface area contributed by atoms with Crippen LogP contribution in [0.4, 0.5) is 4.39 Å². The van der Waals surface area contributed by atoms with Crippen molar-refractivity contribution in [1.82, 2.24) is 14.8 Å². The van der Waals surface area contributed by atoms with Crippen molar-refractivity contribution >= 4 is 22.7 Å². The first kappa shape index (κ1) is 27.9. The van der Waals surface area contributed by atoms with Gasteiger partial charge in [0.05, 0.1) is 12.7 Å². The van der Waals surface area contributed by atoms with Crippen LogP contribution in [0.15, 0.2) is 79.0 Å². The summed E-state index contributed by atoms with van der Waals surface area (Å²) in [5.41, 5.74) is 2.94. The molecule has 2 amide bonds. The van der Waals surface area contributed by atoms with Gasteiger partial charge in [-0.25, -0.2) is 4.39 Å². The molecule has 0 fully saturated rings. The summed E-state index contributed by atoms with van der Waals surface area (Å²) in [6, 6.07) is 21.4. The number of H-pyrrole nitrogens is 1. The first-order valence-electron chi connectivity index (χ1n) is 13.0. The zero-order valence-corrected chi connectivity index (χ0v) is 22.4. The van der Waals surface area contributed by atoms with Crippen LogP contribution in [0.3, 0.4) is 0 Å². The van der Waals surface area contributed by atoms with Gasteiger partial charge in [-0.2, -0.15) is 0 Å². The van der Waals surface area contributed by atoms with E-state index in [0.717, 1.165) is 22.0 Å². The number of hydrogen-bond acceptors (Lipinski definition) is 4. The normalized spacial score (nSPS) is 10.9. The van der Waals surface area contributed by atoms with Crippen LogP contribution in [-0.4, -0.2) is 67.1 Å². The van der Waals surface area contributed by atoms with Crippen LogP contribution in [0, 0.1) is 5.82 Å². The molecule has 7 nitrogen and oxygen atoms in total. The summed E-state index contributed by atoms with van der Waals surface area (Å²) in [4.78, 5) is 33.5.